The molecule has 0 fully saturated rings. The van der Waals surface area contributed by atoms with Gasteiger partial charge in [-0.15, -0.1) is 0 Å². The number of halogens is 1. The third-order valence-corrected chi connectivity index (χ3v) is 8.30. The third kappa shape index (κ3) is 7.23. The van der Waals surface area contributed by atoms with Gasteiger partial charge in [0, 0.05) is 14.1 Å². The summed E-state index contributed by atoms with van der Waals surface area (Å²) in [6.45, 7) is 1.90. The summed E-state index contributed by atoms with van der Waals surface area (Å²) in [5.41, 5.74) is 0.240. The SMILES string of the molecule is CC[C@@H](C(=O)NCCOc1ccc(S(=O)(=O)N(C)C)cc1)N(c1ccc(OC)c(Cl)c1)S(C)(=O)=O. The van der Waals surface area contributed by atoms with Gasteiger partial charge in [0.25, 0.3) is 0 Å². The van der Waals surface area contributed by atoms with Gasteiger partial charge in [0.05, 0.1) is 35.5 Å². The van der Waals surface area contributed by atoms with Crippen molar-refractivity contribution in [3.8, 4) is 11.5 Å². The Bertz CT molecular complexity index is 1230. The van der Waals surface area contributed by atoms with Crippen LogP contribution in [0.15, 0.2) is 47.4 Å². The Balaban J connectivity index is 2.05. The first-order chi connectivity index (χ1) is 16.3. The van der Waals surface area contributed by atoms with Crippen LogP contribution in [0.1, 0.15) is 13.3 Å². The van der Waals surface area contributed by atoms with E-state index < -0.39 is 32.0 Å². The number of amides is 1. The first kappa shape index (κ1) is 28.7. The van der Waals surface area contributed by atoms with Crippen molar-refractivity contribution < 1.29 is 31.1 Å². The Kier molecular flexibility index (Phi) is 9.78. The van der Waals surface area contributed by atoms with Crippen LogP contribution in [0.4, 0.5) is 5.69 Å². The van der Waals surface area contributed by atoms with Gasteiger partial charge in [-0.25, -0.2) is 21.1 Å². The predicted octanol–water partition coefficient (Wildman–Crippen LogP) is 2.34. The molecule has 1 amide bonds. The van der Waals surface area contributed by atoms with E-state index in [-0.39, 0.29) is 35.2 Å². The van der Waals surface area contributed by atoms with Crippen molar-refractivity contribution in [3.63, 3.8) is 0 Å². The molecular weight excluding hydrogens is 518 g/mol. The molecule has 0 aliphatic heterocycles. The van der Waals surface area contributed by atoms with Crippen molar-refractivity contribution in [2.24, 2.45) is 0 Å². The first-order valence-corrected chi connectivity index (χ1v) is 14.3. The molecule has 0 heterocycles. The number of sulfonamides is 2. The lowest BCUT2D eigenvalue weighted by Crippen LogP contribution is -2.50. The molecule has 0 bridgehead atoms. The summed E-state index contributed by atoms with van der Waals surface area (Å²) in [6, 6.07) is 9.37. The molecule has 0 aromatic heterocycles. The largest absolute Gasteiger partial charge is 0.495 e. The van der Waals surface area contributed by atoms with Crippen LogP contribution >= 0.6 is 11.6 Å². The van der Waals surface area contributed by atoms with Crippen molar-refractivity contribution in [1.29, 1.82) is 0 Å². The zero-order valence-electron chi connectivity index (χ0n) is 20.2. The Morgan fingerprint density at radius 3 is 2.20 bits per heavy atom. The molecule has 10 nitrogen and oxygen atoms in total. The Morgan fingerprint density at radius 1 is 1.09 bits per heavy atom. The lowest BCUT2D eigenvalue weighted by atomic mass is 10.2. The fraction of sp³-hybridized carbons (Fsp3) is 0.409. The quantitative estimate of drug-likeness (QED) is 0.405. The molecule has 2 aromatic rings. The van der Waals surface area contributed by atoms with Crippen molar-refractivity contribution in [2.45, 2.75) is 24.3 Å². The molecule has 35 heavy (non-hydrogen) atoms. The minimum Gasteiger partial charge on any atom is -0.495 e. The number of anilines is 1. The normalized spacial score (nSPS) is 12.8. The van der Waals surface area contributed by atoms with Crippen molar-refractivity contribution >= 4 is 43.2 Å². The van der Waals surface area contributed by atoms with E-state index >= 15 is 0 Å². The lowest BCUT2D eigenvalue weighted by molar-refractivity contribution is -0.122. The number of nitrogens with zero attached hydrogens (tertiary/aromatic N) is 2. The average Bonchev–Trinajstić information content (AvgIpc) is 2.79. The number of benzene rings is 2. The van der Waals surface area contributed by atoms with E-state index in [1.807, 2.05) is 0 Å². The zero-order valence-corrected chi connectivity index (χ0v) is 22.6. The monoisotopic (exact) mass is 547 g/mol. The van der Waals surface area contributed by atoms with Gasteiger partial charge in [-0.2, -0.15) is 0 Å². The molecule has 1 atom stereocenters. The summed E-state index contributed by atoms with van der Waals surface area (Å²) >= 11 is 6.16. The Hall–Kier alpha value is -2.54. The fourth-order valence-electron chi connectivity index (χ4n) is 3.23. The molecule has 2 rings (SSSR count). The molecular formula is C22H30ClN3O7S2. The van der Waals surface area contributed by atoms with Crippen molar-refractivity contribution in [2.75, 3.05) is 44.9 Å². The maximum Gasteiger partial charge on any atom is 0.244 e. The number of carbonyl (C=O) groups excluding carboxylic acids is 1. The molecule has 0 spiro atoms. The molecule has 0 aliphatic carbocycles. The highest BCUT2D eigenvalue weighted by molar-refractivity contribution is 7.92. The van der Waals surface area contributed by atoms with Gasteiger partial charge in [-0.1, -0.05) is 18.5 Å². The summed E-state index contributed by atoms with van der Waals surface area (Å²) in [5.74, 6) is 0.307. The number of hydrogen-bond donors (Lipinski definition) is 1. The van der Waals surface area contributed by atoms with E-state index in [0.717, 1.165) is 14.9 Å². The Morgan fingerprint density at radius 2 is 1.71 bits per heavy atom. The number of carbonyl (C=O) groups is 1. The van der Waals surface area contributed by atoms with Crippen LogP contribution in [0.2, 0.25) is 5.02 Å². The summed E-state index contributed by atoms with van der Waals surface area (Å²) in [4.78, 5) is 13.0. The first-order valence-electron chi connectivity index (χ1n) is 10.6. The standard InChI is InChI=1S/C22H30ClN3O7S2/c1-6-20(26(34(5,28)29)16-7-12-21(32-4)19(23)15-16)22(27)24-13-14-33-17-8-10-18(11-9-17)35(30,31)25(2)3/h7-12,15,20H,6,13-14H2,1-5H3,(H,24,27)/t20-/m0/s1. The number of methoxy groups -OCH3 is 1. The van der Waals surface area contributed by atoms with E-state index in [9.17, 15) is 21.6 Å². The summed E-state index contributed by atoms with van der Waals surface area (Å²) in [5, 5.41) is 2.90. The minimum absolute atomic E-state index is 0.0925. The van der Waals surface area contributed by atoms with Crippen LogP contribution in [-0.2, 0) is 24.8 Å². The second-order valence-corrected chi connectivity index (χ2v) is 12.1. The molecule has 194 valence electrons. The van der Waals surface area contributed by atoms with Crippen LogP contribution in [0.5, 0.6) is 11.5 Å². The highest BCUT2D eigenvalue weighted by Gasteiger charge is 2.31. The van der Waals surface area contributed by atoms with E-state index in [2.05, 4.69) is 5.32 Å². The van der Waals surface area contributed by atoms with E-state index in [1.165, 1.54) is 63.7 Å². The number of rotatable bonds is 12. The van der Waals surface area contributed by atoms with Gasteiger partial charge in [-0.3, -0.25) is 9.10 Å². The highest BCUT2D eigenvalue weighted by Crippen LogP contribution is 2.31. The molecule has 2 aromatic carbocycles. The summed E-state index contributed by atoms with van der Waals surface area (Å²) in [7, 11) is -3.02. The van der Waals surface area contributed by atoms with Gasteiger partial charge in [-0.05, 0) is 48.9 Å². The molecule has 0 aliphatic rings. The minimum atomic E-state index is -3.82. The van der Waals surface area contributed by atoms with Crippen molar-refractivity contribution in [3.05, 3.63) is 47.5 Å². The second-order valence-electron chi connectivity index (χ2n) is 7.70. The van der Waals surface area contributed by atoms with E-state index in [4.69, 9.17) is 21.1 Å². The van der Waals surface area contributed by atoms with Gasteiger partial charge in [0.1, 0.15) is 24.1 Å². The molecule has 0 saturated carbocycles. The number of nitrogens with one attached hydrogen (secondary N) is 1. The molecule has 0 unspecified atom stereocenters. The van der Waals surface area contributed by atoms with Gasteiger partial charge >= 0.3 is 0 Å². The zero-order chi connectivity index (χ0) is 26.4. The molecule has 1 N–H and O–H groups in total. The third-order valence-electron chi connectivity index (χ3n) is 4.99. The smallest absolute Gasteiger partial charge is 0.244 e. The average molecular weight is 548 g/mol. The summed E-state index contributed by atoms with van der Waals surface area (Å²) in [6.07, 6.45) is 1.23. The molecule has 0 radical (unpaired) electrons. The number of ether oxygens (including phenoxy) is 2. The summed E-state index contributed by atoms with van der Waals surface area (Å²) < 4.78 is 62.2. The van der Waals surface area contributed by atoms with Crippen LogP contribution in [0, 0.1) is 0 Å². The highest BCUT2D eigenvalue weighted by atomic mass is 35.5. The maximum atomic E-state index is 12.9. The lowest BCUT2D eigenvalue weighted by Gasteiger charge is -2.30. The van der Waals surface area contributed by atoms with Gasteiger partial charge in [0.2, 0.25) is 26.0 Å². The molecule has 0 saturated heterocycles. The number of hydrogen-bond acceptors (Lipinski definition) is 7. The second kappa shape index (κ2) is 11.9. The van der Waals surface area contributed by atoms with Crippen molar-refractivity contribution in [1.82, 2.24) is 9.62 Å². The Labute approximate surface area is 211 Å². The maximum absolute atomic E-state index is 12.9. The topological polar surface area (TPSA) is 122 Å². The fourth-order valence-corrected chi connectivity index (χ4v) is 5.59. The van der Waals surface area contributed by atoms with Crippen LogP contribution in [0.3, 0.4) is 0 Å². The van der Waals surface area contributed by atoms with E-state index in [1.54, 1.807) is 6.92 Å². The molecule has 13 heteroatoms. The van der Waals surface area contributed by atoms with Crippen LogP contribution in [0.25, 0.3) is 0 Å². The van der Waals surface area contributed by atoms with Crippen LogP contribution < -0.4 is 19.1 Å². The predicted molar refractivity (Wildman–Crippen MR) is 135 cm³/mol. The van der Waals surface area contributed by atoms with Crippen LogP contribution in [-0.4, -0.2) is 73.7 Å². The van der Waals surface area contributed by atoms with Gasteiger partial charge in [0.15, 0.2) is 0 Å². The van der Waals surface area contributed by atoms with Gasteiger partial charge < -0.3 is 14.8 Å². The van der Waals surface area contributed by atoms with E-state index in [0.29, 0.717) is 11.5 Å².